The second-order valence-electron chi connectivity index (χ2n) is 7.39. The van der Waals surface area contributed by atoms with Crippen molar-refractivity contribution in [1.82, 2.24) is 14.8 Å². The lowest BCUT2D eigenvalue weighted by Gasteiger charge is -2.34. The lowest BCUT2D eigenvalue weighted by atomic mass is 10.2. The molecule has 0 radical (unpaired) electrons. The highest BCUT2D eigenvalue weighted by Gasteiger charge is 2.24. The molecule has 1 amide bonds. The zero-order chi connectivity index (χ0) is 20.9. The molecule has 1 aromatic carbocycles. The first-order valence-electron chi connectivity index (χ1n) is 9.97. The Labute approximate surface area is 181 Å². The van der Waals surface area contributed by atoms with E-state index in [1.807, 2.05) is 36.2 Å². The number of carbonyl (C=O) groups is 1. The first kappa shape index (κ1) is 20.4. The Kier molecular flexibility index (Phi) is 6.35. The van der Waals surface area contributed by atoms with Crippen LogP contribution in [0.4, 0.5) is 0 Å². The molecule has 0 unspecified atom stereocenters. The Morgan fingerprint density at radius 3 is 2.73 bits per heavy atom. The second-order valence-corrected chi connectivity index (χ2v) is 7.83. The molecule has 7 heteroatoms. The molecular formula is C23H24ClN3O3. The van der Waals surface area contributed by atoms with Crippen molar-refractivity contribution in [2.24, 2.45) is 0 Å². The summed E-state index contributed by atoms with van der Waals surface area (Å²) >= 11 is 5.97. The summed E-state index contributed by atoms with van der Waals surface area (Å²) in [6, 6.07) is 13.0. The van der Waals surface area contributed by atoms with Crippen LogP contribution < -0.4 is 4.74 Å². The van der Waals surface area contributed by atoms with E-state index in [1.54, 1.807) is 24.4 Å². The molecule has 0 spiro atoms. The average molecular weight is 426 g/mol. The first-order chi connectivity index (χ1) is 14.6. The summed E-state index contributed by atoms with van der Waals surface area (Å²) in [6.07, 6.45) is 3.66. The molecule has 156 valence electrons. The van der Waals surface area contributed by atoms with Gasteiger partial charge in [0.05, 0.1) is 0 Å². The SMILES string of the molecule is Cc1cc(Cl)ccc1OCc1ccc(C(=O)N2CCN(Cc3cccnc3)CC2)o1. The fourth-order valence-corrected chi connectivity index (χ4v) is 3.74. The number of furan rings is 1. The van der Waals surface area contributed by atoms with E-state index in [9.17, 15) is 4.79 Å². The third-order valence-corrected chi connectivity index (χ3v) is 5.40. The third kappa shape index (κ3) is 5.01. The van der Waals surface area contributed by atoms with Gasteiger partial charge in [0.1, 0.15) is 18.1 Å². The summed E-state index contributed by atoms with van der Waals surface area (Å²) in [5.74, 6) is 1.63. The maximum atomic E-state index is 12.8. The van der Waals surface area contributed by atoms with E-state index in [1.165, 1.54) is 5.56 Å². The van der Waals surface area contributed by atoms with E-state index < -0.39 is 0 Å². The van der Waals surface area contributed by atoms with Crippen molar-refractivity contribution in [2.45, 2.75) is 20.1 Å². The maximum Gasteiger partial charge on any atom is 0.289 e. The number of pyridine rings is 1. The van der Waals surface area contributed by atoms with Gasteiger partial charge < -0.3 is 14.1 Å². The van der Waals surface area contributed by atoms with E-state index in [4.69, 9.17) is 20.8 Å². The molecule has 0 bridgehead atoms. The highest BCUT2D eigenvalue weighted by Crippen LogP contribution is 2.23. The van der Waals surface area contributed by atoms with Crippen molar-refractivity contribution < 1.29 is 13.9 Å². The second kappa shape index (κ2) is 9.32. The number of aryl methyl sites for hydroxylation is 1. The van der Waals surface area contributed by atoms with Crippen LogP contribution in [0, 0.1) is 6.92 Å². The van der Waals surface area contributed by atoms with Crippen molar-refractivity contribution in [1.29, 1.82) is 0 Å². The number of ether oxygens (including phenoxy) is 1. The van der Waals surface area contributed by atoms with E-state index in [2.05, 4.69) is 16.0 Å². The van der Waals surface area contributed by atoms with Crippen LogP contribution >= 0.6 is 11.6 Å². The number of halogens is 1. The zero-order valence-corrected chi connectivity index (χ0v) is 17.6. The Hall–Kier alpha value is -2.83. The van der Waals surface area contributed by atoms with Crippen LogP contribution in [-0.4, -0.2) is 46.9 Å². The van der Waals surface area contributed by atoms with Crippen LogP contribution in [0.2, 0.25) is 5.02 Å². The standard InChI is InChI=1S/C23H24ClN3O3/c1-17-13-19(24)4-6-21(17)29-16-20-5-7-22(30-20)23(28)27-11-9-26(10-12-27)15-18-3-2-8-25-14-18/h2-8,13-14H,9-12,15-16H2,1H3. The summed E-state index contributed by atoms with van der Waals surface area (Å²) in [7, 11) is 0. The highest BCUT2D eigenvalue weighted by atomic mass is 35.5. The van der Waals surface area contributed by atoms with E-state index >= 15 is 0 Å². The van der Waals surface area contributed by atoms with Gasteiger partial charge in [0, 0.05) is 50.1 Å². The number of nitrogens with zero attached hydrogens (tertiary/aromatic N) is 3. The van der Waals surface area contributed by atoms with Gasteiger partial charge in [-0.1, -0.05) is 17.7 Å². The molecule has 0 aliphatic carbocycles. The largest absolute Gasteiger partial charge is 0.485 e. The Morgan fingerprint density at radius 2 is 2.00 bits per heavy atom. The lowest BCUT2D eigenvalue weighted by molar-refractivity contribution is 0.0594. The van der Waals surface area contributed by atoms with Gasteiger partial charge in [0.2, 0.25) is 0 Å². The monoisotopic (exact) mass is 425 g/mol. The predicted molar refractivity (Wildman–Crippen MR) is 115 cm³/mol. The topological polar surface area (TPSA) is 58.8 Å². The number of amides is 1. The molecule has 0 N–H and O–H groups in total. The Morgan fingerprint density at radius 1 is 1.17 bits per heavy atom. The van der Waals surface area contributed by atoms with Crippen molar-refractivity contribution >= 4 is 17.5 Å². The maximum absolute atomic E-state index is 12.8. The minimum Gasteiger partial charge on any atom is -0.485 e. The smallest absolute Gasteiger partial charge is 0.289 e. The summed E-state index contributed by atoms with van der Waals surface area (Å²) in [5, 5.41) is 0.672. The molecule has 1 saturated heterocycles. The zero-order valence-electron chi connectivity index (χ0n) is 16.9. The molecule has 3 heterocycles. The number of hydrogen-bond donors (Lipinski definition) is 0. The van der Waals surface area contributed by atoms with Crippen LogP contribution in [0.25, 0.3) is 0 Å². The number of aromatic nitrogens is 1. The normalized spacial score (nSPS) is 14.7. The fourth-order valence-electron chi connectivity index (χ4n) is 3.51. The summed E-state index contributed by atoms with van der Waals surface area (Å²) < 4.78 is 11.5. The summed E-state index contributed by atoms with van der Waals surface area (Å²) in [4.78, 5) is 21.1. The molecule has 0 atom stereocenters. The molecule has 6 nitrogen and oxygen atoms in total. The molecule has 2 aromatic heterocycles. The van der Waals surface area contributed by atoms with Crippen molar-refractivity contribution in [2.75, 3.05) is 26.2 Å². The Balaban J connectivity index is 1.29. The number of carbonyl (C=O) groups excluding carboxylic acids is 1. The first-order valence-corrected chi connectivity index (χ1v) is 10.3. The average Bonchev–Trinajstić information content (AvgIpc) is 3.23. The third-order valence-electron chi connectivity index (χ3n) is 5.17. The molecule has 4 rings (SSSR count). The van der Waals surface area contributed by atoms with Gasteiger partial charge in [-0.25, -0.2) is 0 Å². The molecule has 30 heavy (non-hydrogen) atoms. The van der Waals surface area contributed by atoms with Gasteiger partial charge in [0.25, 0.3) is 5.91 Å². The summed E-state index contributed by atoms with van der Waals surface area (Å²) in [6.45, 7) is 6.05. The molecule has 1 aliphatic heterocycles. The quantitative estimate of drug-likeness (QED) is 0.593. The number of piperazine rings is 1. The van der Waals surface area contributed by atoms with Gasteiger partial charge in [-0.3, -0.25) is 14.7 Å². The van der Waals surface area contributed by atoms with E-state index in [0.29, 0.717) is 29.6 Å². The van der Waals surface area contributed by atoms with Crippen LogP contribution in [0.5, 0.6) is 5.75 Å². The van der Waals surface area contributed by atoms with Crippen LogP contribution in [-0.2, 0) is 13.2 Å². The van der Waals surface area contributed by atoms with Crippen molar-refractivity contribution in [3.8, 4) is 5.75 Å². The van der Waals surface area contributed by atoms with Gasteiger partial charge in [-0.2, -0.15) is 0 Å². The van der Waals surface area contributed by atoms with Gasteiger partial charge in [0.15, 0.2) is 5.76 Å². The summed E-state index contributed by atoms with van der Waals surface area (Å²) in [5.41, 5.74) is 2.14. The fraction of sp³-hybridized carbons (Fsp3) is 0.304. The molecular weight excluding hydrogens is 402 g/mol. The molecule has 1 aliphatic rings. The van der Waals surface area contributed by atoms with E-state index in [0.717, 1.165) is 30.9 Å². The Bertz CT molecular complexity index is 998. The van der Waals surface area contributed by atoms with Gasteiger partial charge in [-0.15, -0.1) is 0 Å². The van der Waals surface area contributed by atoms with Gasteiger partial charge >= 0.3 is 0 Å². The van der Waals surface area contributed by atoms with Crippen LogP contribution in [0.3, 0.4) is 0 Å². The van der Waals surface area contributed by atoms with Gasteiger partial charge in [-0.05, 0) is 54.4 Å². The van der Waals surface area contributed by atoms with Crippen molar-refractivity contribution in [3.63, 3.8) is 0 Å². The highest BCUT2D eigenvalue weighted by molar-refractivity contribution is 6.30. The van der Waals surface area contributed by atoms with Crippen LogP contribution in [0.1, 0.15) is 27.4 Å². The van der Waals surface area contributed by atoms with Crippen LogP contribution in [0.15, 0.2) is 59.3 Å². The van der Waals surface area contributed by atoms with Crippen molar-refractivity contribution in [3.05, 3.63) is 82.5 Å². The minimum atomic E-state index is -0.0787. The lowest BCUT2D eigenvalue weighted by Crippen LogP contribution is -2.48. The predicted octanol–water partition coefficient (Wildman–Crippen LogP) is 4.17. The van der Waals surface area contributed by atoms with E-state index in [-0.39, 0.29) is 12.5 Å². The molecule has 1 fully saturated rings. The number of rotatable bonds is 6. The minimum absolute atomic E-state index is 0.0787. The number of hydrogen-bond acceptors (Lipinski definition) is 5. The number of benzene rings is 1. The molecule has 0 saturated carbocycles. The molecule has 3 aromatic rings.